The van der Waals surface area contributed by atoms with Gasteiger partial charge in [0.2, 0.25) is 17.7 Å². The Kier molecular flexibility index (Phi) is 10.7. The summed E-state index contributed by atoms with van der Waals surface area (Å²) in [5.74, 6) is -0.674. The van der Waals surface area contributed by atoms with E-state index in [4.69, 9.17) is 17.0 Å². The first kappa shape index (κ1) is 39.6. The third-order valence-electron chi connectivity index (χ3n) is 11.1. The van der Waals surface area contributed by atoms with Gasteiger partial charge in [0.15, 0.2) is 10.8 Å². The van der Waals surface area contributed by atoms with E-state index in [1.807, 2.05) is 19.1 Å². The molecular formula is C40H41F3N8O5S. The first-order chi connectivity index (χ1) is 27.1. The Morgan fingerprint density at radius 3 is 2.44 bits per heavy atom. The summed E-state index contributed by atoms with van der Waals surface area (Å²) in [7, 11) is 0. The van der Waals surface area contributed by atoms with Crippen LogP contribution in [0.2, 0.25) is 0 Å². The van der Waals surface area contributed by atoms with E-state index < -0.39 is 34.9 Å². The molecule has 3 N–H and O–H groups in total. The molecule has 0 saturated carbocycles. The minimum atomic E-state index is -4.86. The summed E-state index contributed by atoms with van der Waals surface area (Å²) in [5.41, 5.74) is -0.815. The number of alkyl halides is 3. The van der Waals surface area contributed by atoms with E-state index in [1.54, 1.807) is 49.1 Å². The lowest BCUT2D eigenvalue weighted by atomic mass is 9.99. The van der Waals surface area contributed by atoms with Crippen LogP contribution in [0.3, 0.4) is 0 Å². The van der Waals surface area contributed by atoms with Gasteiger partial charge in [0.25, 0.3) is 5.91 Å². The number of fused-ring (bicyclic) bond motifs is 2. The monoisotopic (exact) mass is 802 g/mol. The lowest BCUT2D eigenvalue weighted by Gasteiger charge is -2.38. The molecule has 4 aliphatic heterocycles. The number of nitriles is 1. The number of aromatic nitrogens is 1. The molecule has 4 amide bonds. The van der Waals surface area contributed by atoms with Crippen molar-refractivity contribution < 1.29 is 37.1 Å². The summed E-state index contributed by atoms with van der Waals surface area (Å²) in [6, 6.07) is 14.6. The van der Waals surface area contributed by atoms with E-state index in [9.17, 15) is 37.6 Å². The first-order valence-corrected chi connectivity index (χ1v) is 19.2. The molecule has 5 heterocycles. The molecule has 4 atom stereocenters. The number of aryl methyl sites for hydroxylation is 1. The number of nitrogens with one attached hydrogen (secondary N) is 3. The fourth-order valence-electron chi connectivity index (χ4n) is 8.28. The number of imide groups is 1. The van der Waals surface area contributed by atoms with Crippen LogP contribution in [-0.4, -0.2) is 74.9 Å². The summed E-state index contributed by atoms with van der Waals surface area (Å²) in [4.78, 5) is 59.2. The molecular weight excluding hydrogens is 762 g/mol. The number of hydrogen-bond acceptors (Lipinski definition) is 10. The van der Waals surface area contributed by atoms with Gasteiger partial charge in [-0.15, -0.1) is 0 Å². The van der Waals surface area contributed by atoms with Gasteiger partial charge in [0.05, 0.1) is 24.0 Å². The van der Waals surface area contributed by atoms with Crippen molar-refractivity contribution in [3.8, 4) is 11.8 Å². The standard InChI is InChI=1S/C40H41F3N8O5S/c1-4-22-14-27(51-38(57)50(37(55)39(51,2)3)28-18-30(40(41,42)43)32(19-44)45-20-28)10-12-33(22)56-29-16-25-8-9-26(17-29)49(25)21-35(53)47-24-7-5-6-23(15-24)46-31-11-13-34(52)48-36(31)54/h5-7,10,12,14-15,18,20,25-26,29,31,46H,4,8-9,11,13,16-17,21H2,1-3H3,(H,47,53)(H,48,52,54)/t25-,26+,29-,31?. The highest BCUT2D eigenvalue weighted by Crippen LogP contribution is 2.42. The molecule has 0 aliphatic carbocycles. The predicted molar refractivity (Wildman–Crippen MR) is 208 cm³/mol. The highest BCUT2D eigenvalue weighted by atomic mass is 32.1. The van der Waals surface area contributed by atoms with Crippen molar-refractivity contribution in [1.29, 1.82) is 5.26 Å². The number of thiocarbonyl (C=S) groups is 1. The lowest BCUT2D eigenvalue weighted by Crippen LogP contribution is -2.49. The van der Waals surface area contributed by atoms with Crippen LogP contribution in [0.25, 0.3) is 0 Å². The van der Waals surface area contributed by atoms with Gasteiger partial charge >= 0.3 is 6.18 Å². The highest BCUT2D eigenvalue weighted by molar-refractivity contribution is 7.81. The quantitative estimate of drug-likeness (QED) is 0.171. The summed E-state index contributed by atoms with van der Waals surface area (Å²) >= 11 is 5.71. The molecule has 298 valence electrons. The van der Waals surface area contributed by atoms with Crippen molar-refractivity contribution in [2.45, 2.75) is 102 Å². The maximum Gasteiger partial charge on any atom is 0.419 e. The van der Waals surface area contributed by atoms with Gasteiger partial charge in [-0.1, -0.05) is 13.0 Å². The highest BCUT2D eigenvalue weighted by Gasteiger charge is 2.51. The number of carbonyl (C=O) groups is 4. The number of halogens is 3. The van der Waals surface area contributed by atoms with Gasteiger partial charge in [-0.05, 0) is 113 Å². The number of pyridine rings is 1. The number of rotatable bonds is 10. The maximum atomic E-state index is 13.8. The molecule has 4 saturated heterocycles. The third kappa shape index (κ3) is 7.88. The van der Waals surface area contributed by atoms with Gasteiger partial charge < -0.3 is 20.3 Å². The second-order valence-corrected chi connectivity index (χ2v) is 15.6. The average Bonchev–Trinajstić information content (AvgIpc) is 3.48. The zero-order valence-electron chi connectivity index (χ0n) is 31.5. The largest absolute Gasteiger partial charge is 0.490 e. The Bertz CT molecular complexity index is 2180. The third-order valence-corrected chi connectivity index (χ3v) is 11.4. The van der Waals surface area contributed by atoms with Crippen molar-refractivity contribution in [2.24, 2.45) is 0 Å². The summed E-state index contributed by atoms with van der Waals surface area (Å²) in [6.07, 6.45) is 0.654. The number of piperidine rings is 2. The van der Waals surface area contributed by atoms with Gasteiger partial charge in [-0.3, -0.25) is 34.3 Å². The number of hydrogen-bond donors (Lipinski definition) is 3. The smallest absolute Gasteiger partial charge is 0.419 e. The number of anilines is 4. The number of benzene rings is 2. The summed E-state index contributed by atoms with van der Waals surface area (Å²) < 4.78 is 47.9. The molecule has 4 aliphatic rings. The number of ether oxygens (including phenoxy) is 1. The second-order valence-electron chi connectivity index (χ2n) is 15.2. The van der Waals surface area contributed by atoms with E-state index in [-0.39, 0.29) is 59.7 Å². The predicted octanol–water partition coefficient (Wildman–Crippen LogP) is 5.68. The Hall–Kier alpha value is -5.60. The van der Waals surface area contributed by atoms with Gasteiger partial charge in [-0.2, -0.15) is 18.4 Å². The van der Waals surface area contributed by atoms with Crippen molar-refractivity contribution in [2.75, 3.05) is 27.0 Å². The van der Waals surface area contributed by atoms with Crippen LogP contribution in [-0.2, 0) is 31.8 Å². The first-order valence-electron chi connectivity index (χ1n) is 18.8. The zero-order chi connectivity index (χ0) is 40.8. The van der Waals surface area contributed by atoms with Crippen molar-refractivity contribution in [3.05, 3.63) is 71.5 Å². The Morgan fingerprint density at radius 2 is 1.77 bits per heavy atom. The maximum absolute atomic E-state index is 13.8. The van der Waals surface area contributed by atoms with E-state index in [0.717, 1.165) is 48.4 Å². The molecule has 57 heavy (non-hydrogen) atoms. The van der Waals surface area contributed by atoms with Crippen molar-refractivity contribution in [3.63, 3.8) is 0 Å². The van der Waals surface area contributed by atoms with Gasteiger partial charge in [0.1, 0.15) is 29.5 Å². The summed E-state index contributed by atoms with van der Waals surface area (Å²) in [6.45, 7) is 5.48. The molecule has 1 aromatic heterocycles. The SMILES string of the molecule is CCc1cc(N2C(=S)N(c3cnc(C#N)c(C(F)(F)F)c3)C(=O)C2(C)C)ccc1O[C@@H]1C[C@H]2CC[C@@H](C1)N2CC(=O)Nc1cccc(NC2CCC(=O)NC2=O)c1. The van der Waals surface area contributed by atoms with Crippen LogP contribution in [0.1, 0.15) is 76.1 Å². The molecule has 13 nitrogen and oxygen atoms in total. The molecule has 2 bridgehead atoms. The number of amides is 4. The van der Waals surface area contributed by atoms with Crippen molar-refractivity contribution in [1.82, 2.24) is 15.2 Å². The second kappa shape index (κ2) is 15.4. The van der Waals surface area contributed by atoms with Crippen LogP contribution in [0.4, 0.5) is 35.9 Å². The number of carbonyl (C=O) groups excluding carboxylic acids is 4. The van der Waals surface area contributed by atoms with Crippen LogP contribution >= 0.6 is 12.2 Å². The van der Waals surface area contributed by atoms with E-state index in [0.29, 0.717) is 35.7 Å². The molecule has 7 rings (SSSR count). The lowest BCUT2D eigenvalue weighted by molar-refractivity contribution is -0.138. The molecule has 0 radical (unpaired) electrons. The van der Waals surface area contributed by atoms with E-state index >= 15 is 0 Å². The van der Waals surface area contributed by atoms with Crippen LogP contribution in [0, 0.1) is 11.3 Å². The summed E-state index contributed by atoms with van der Waals surface area (Å²) in [5, 5.41) is 17.6. The van der Waals surface area contributed by atoms with Gasteiger partial charge in [0, 0.05) is 35.6 Å². The topological polar surface area (TPSA) is 160 Å². The normalized spacial score (nSPS) is 23.3. The Morgan fingerprint density at radius 1 is 1.05 bits per heavy atom. The van der Waals surface area contributed by atoms with Gasteiger partial charge in [-0.25, -0.2) is 4.98 Å². The zero-order valence-corrected chi connectivity index (χ0v) is 32.3. The fraction of sp³-hybridized carbons (Fsp3) is 0.425. The fourth-order valence-corrected chi connectivity index (χ4v) is 8.80. The molecule has 17 heteroatoms. The molecule has 0 spiro atoms. The molecule has 3 aromatic rings. The molecule has 2 aromatic carbocycles. The van der Waals surface area contributed by atoms with Crippen LogP contribution < -0.4 is 30.5 Å². The van der Waals surface area contributed by atoms with Crippen LogP contribution in [0.15, 0.2) is 54.7 Å². The molecule has 4 fully saturated rings. The molecule has 1 unspecified atom stereocenters. The minimum Gasteiger partial charge on any atom is -0.490 e. The minimum absolute atomic E-state index is 0.0232. The van der Waals surface area contributed by atoms with Crippen LogP contribution in [0.5, 0.6) is 5.75 Å². The van der Waals surface area contributed by atoms with E-state index in [1.165, 1.54) is 6.07 Å². The number of nitrogens with zero attached hydrogens (tertiary/aromatic N) is 5. The average molecular weight is 803 g/mol. The Balaban J connectivity index is 0.992. The Labute approximate surface area is 332 Å². The van der Waals surface area contributed by atoms with E-state index in [2.05, 4.69) is 25.8 Å². The van der Waals surface area contributed by atoms with Crippen molar-refractivity contribution >= 4 is 63.7 Å².